The molecule has 7 heteroatoms. The van der Waals surface area contributed by atoms with Crippen LogP contribution in [0.15, 0.2) is 30.3 Å². The van der Waals surface area contributed by atoms with Crippen LogP contribution < -0.4 is 10.1 Å². The number of carbonyl (C=O) groups excluding carboxylic acids is 2. The van der Waals surface area contributed by atoms with Gasteiger partial charge < -0.3 is 25.4 Å². The Kier molecular flexibility index (Phi) is 3.72. The third-order valence-electron chi connectivity index (χ3n) is 4.80. The van der Waals surface area contributed by atoms with Crippen molar-refractivity contribution in [3.05, 3.63) is 47.0 Å². The van der Waals surface area contributed by atoms with Crippen LogP contribution in [0.25, 0.3) is 0 Å². The van der Waals surface area contributed by atoms with Crippen molar-refractivity contribution in [2.45, 2.75) is 31.4 Å². The average Bonchev–Trinajstić information content (AvgIpc) is 3.00. The molecule has 0 bridgehead atoms. The minimum atomic E-state index is -0.618. The Hall–Kier alpha value is -3.22. The number of ether oxygens (including phenoxy) is 1. The summed E-state index contributed by atoms with van der Waals surface area (Å²) in [6.07, 6.45) is 0.180. The number of Topliss-reactive ketones (excluding diaryl/α,β-unsaturated/α-hetero) is 1. The summed E-state index contributed by atoms with van der Waals surface area (Å²) in [5, 5.41) is 32.7. The fourth-order valence-corrected chi connectivity index (χ4v) is 3.54. The molecule has 2 heterocycles. The molecule has 1 saturated heterocycles. The van der Waals surface area contributed by atoms with Crippen molar-refractivity contribution in [1.82, 2.24) is 5.32 Å². The van der Waals surface area contributed by atoms with Crippen LogP contribution in [0, 0.1) is 0 Å². The summed E-state index contributed by atoms with van der Waals surface area (Å²) in [6, 6.07) is 6.92. The van der Waals surface area contributed by atoms with Crippen molar-refractivity contribution < 1.29 is 29.6 Å². The lowest BCUT2D eigenvalue weighted by atomic mass is 9.91. The highest BCUT2D eigenvalue weighted by molar-refractivity contribution is 6.03. The van der Waals surface area contributed by atoms with Gasteiger partial charge in [-0.3, -0.25) is 9.59 Å². The molecule has 1 fully saturated rings. The number of aromatic hydroxyl groups is 3. The lowest BCUT2D eigenvalue weighted by molar-refractivity contribution is -0.119. The van der Waals surface area contributed by atoms with Gasteiger partial charge in [0.2, 0.25) is 5.91 Å². The summed E-state index contributed by atoms with van der Waals surface area (Å²) in [6.45, 7) is 0. The Morgan fingerprint density at radius 3 is 2.42 bits per heavy atom. The van der Waals surface area contributed by atoms with E-state index in [9.17, 15) is 24.9 Å². The van der Waals surface area contributed by atoms with E-state index in [0.29, 0.717) is 24.0 Å². The maximum absolute atomic E-state index is 12.6. The van der Waals surface area contributed by atoms with E-state index >= 15 is 0 Å². The first-order valence-corrected chi connectivity index (χ1v) is 8.31. The third kappa shape index (κ3) is 2.61. The highest BCUT2D eigenvalue weighted by atomic mass is 16.5. The van der Waals surface area contributed by atoms with Crippen molar-refractivity contribution >= 4 is 11.7 Å². The Morgan fingerprint density at radius 2 is 1.77 bits per heavy atom. The van der Waals surface area contributed by atoms with Crippen LogP contribution in [0.1, 0.15) is 52.9 Å². The zero-order valence-electron chi connectivity index (χ0n) is 13.7. The number of benzene rings is 2. The molecule has 0 spiro atoms. The van der Waals surface area contributed by atoms with Gasteiger partial charge in [-0.2, -0.15) is 0 Å². The highest BCUT2D eigenvalue weighted by Crippen LogP contribution is 2.48. The summed E-state index contributed by atoms with van der Waals surface area (Å²) in [5.74, 6) is -0.835. The van der Waals surface area contributed by atoms with E-state index in [-0.39, 0.29) is 46.7 Å². The Labute approximate surface area is 148 Å². The summed E-state index contributed by atoms with van der Waals surface area (Å²) in [5.41, 5.74) is 1.01. The average molecular weight is 355 g/mol. The fourth-order valence-electron chi connectivity index (χ4n) is 3.54. The smallest absolute Gasteiger partial charge is 0.220 e. The molecule has 2 aromatic carbocycles. The monoisotopic (exact) mass is 355 g/mol. The Balaban J connectivity index is 1.80. The summed E-state index contributed by atoms with van der Waals surface area (Å²) in [7, 11) is 0. The minimum absolute atomic E-state index is 0.0204. The number of phenols is 3. The number of phenolic OH excluding ortho intramolecular Hbond substituents is 3. The van der Waals surface area contributed by atoms with E-state index in [2.05, 4.69) is 5.32 Å². The molecule has 2 aromatic rings. The first-order valence-electron chi connectivity index (χ1n) is 8.31. The fraction of sp³-hybridized carbons (Fsp3) is 0.263. The normalized spacial score (nSPS) is 21.8. The quantitative estimate of drug-likeness (QED) is 0.658. The molecule has 0 unspecified atom stereocenters. The second-order valence-electron chi connectivity index (χ2n) is 6.52. The number of fused-ring (bicyclic) bond motifs is 1. The third-order valence-corrected chi connectivity index (χ3v) is 4.80. The van der Waals surface area contributed by atoms with Crippen molar-refractivity contribution in [1.29, 1.82) is 0 Å². The first-order chi connectivity index (χ1) is 12.4. The van der Waals surface area contributed by atoms with E-state index in [1.807, 2.05) is 0 Å². The van der Waals surface area contributed by atoms with Gasteiger partial charge in [0.1, 0.15) is 34.7 Å². The molecule has 1 amide bonds. The number of ketones is 1. The van der Waals surface area contributed by atoms with Gasteiger partial charge in [-0.05, 0) is 24.1 Å². The van der Waals surface area contributed by atoms with Crippen molar-refractivity contribution in [3.63, 3.8) is 0 Å². The molecule has 2 aliphatic rings. The van der Waals surface area contributed by atoms with Crippen molar-refractivity contribution in [2.24, 2.45) is 0 Å². The summed E-state index contributed by atoms with van der Waals surface area (Å²) >= 11 is 0. The standard InChI is InChI=1S/C19H17NO6/c21-10-3-1-9(2-4-10)15-8-14(24)18-13(23)7-12(22)17(19(18)26-15)11-5-6-16(25)20-11/h1-4,7,11,15,21-23H,5-6,8H2,(H,20,25)/t11-,15-/m0/s1. The van der Waals surface area contributed by atoms with Crippen LogP contribution in [0.2, 0.25) is 0 Å². The van der Waals surface area contributed by atoms with Gasteiger partial charge in [0.25, 0.3) is 0 Å². The minimum Gasteiger partial charge on any atom is -0.508 e. The zero-order valence-corrected chi connectivity index (χ0v) is 13.7. The van der Waals surface area contributed by atoms with Crippen molar-refractivity contribution in [2.75, 3.05) is 0 Å². The molecule has 7 nitrogen and oxygen atoms in total. The number of rotatable bonds is 2. The van der Waals surface area contributed by atoms with Crippen LogP contribution in [0.5, 0.6) is 23.0 Å². The molecule has 2 aliphatic heterocycles. The SMILES string of the molecule is O=C1CC[C@@H](c2c(O)cc(O)c3c2O[C@H](c2ccc(O)cc2)CC3=O)N1. The second-order valence-corrected chi connectivity index (χ2v) is 6.52. The molecule has 0 saturated carbocycles. The largest absolute Gasteiger partial charge is 0.508 e. The maximum Gasteiger partial charge on any atom is 0.220 e. The van der Waals surface area contributed by atoms with Crippen LogP contribution in [0.3, 0.4) is 0 Å². The number of amides is 1. The molecule has 0 aliphatic carbocycles. The van der Waals surface area contributed by atoms with E-state index in [1.165, 1.54) is 12.1 Å². The Morgan fingerprint density at radius 1 is 1.04 bits per heavy atom. The van der Waals surface area contributed by atoms with Crippen molar-refractivity contribution in [3.8, 4) is 23.0 Å². The zero-order chi connectivity index (χ0) is 18.4. The van der Waals surface area contributed by atoms with Gasteiger partial charge in [0.15, 0.2) is 5.78 Å². The molecule has 4 N–H and O–H groups in total. The van der Waals surface area contributed by atoms with Crippen LogP contribution in [0.4, 0.5) is 0 Å². The number of carbonyl (C=O) groups is 2. The van der Waals surface area contributed by atoms with Gasteiger partial charge in [0.05, 0.1) is 18.0 Å². The number of hydrogen-bond acceptors (Lipinski definition) is 6. The molecule has 4 rings (SSSR count). The molecule has 134 valence electrons. The molecule has 26 heavy (non-hydrogen) atoms. The molecule has 0 aromatic heterocycles. The van der Waals surface area contributed by atoms with E-state index < -0.39 is 12.1 Å². The van der Waals surface area contributed by atoms with Gasteiger partial charge >= 0.3 is 0 Å². The van der Waals surface area contributed by atoms with Crippen LogP contribution >= 0.6 is 0 Å². The van der Waals surface area contributed by atoms with Gasteiger partial charge in [-0.1, -0.05) is 12.1 Å². The Bertz CT molecular complexity index is 905. The molecular weight excluding hydrogens is 338 g/mol. The first kappa shape index (κ1) is 16.3. The highest BCUT2D eigenvalue weighted by Gasteiger charge is 2.37. The van der Waals surface area contributed by atoms with Gasteiger partial charge in [-0.25, -0.2) is 0 Å². The number of nitrogens with one attached hydrogen (secondary N) is 1. The van der Waals surface area contributed by atoms with E-state index in [1.54, 1.807) is 12.1 Å². The number of hydrogen-bond donors (Lipinski definition) is 4. The lowest BCUT2D eigenvalue weighted by Crippen LogP contribution is -2.24. The predicted molar refractivity (Wildman–Crippen MR) is 90.3 cm³/mol. The topological polar surface area (TPSA) is 116 Å². The van der Waals surface area contributed by atoms with E-state index in [4.69, 9.17) is 4.74 Å². The maximum atomic E-state index is 12.6. The predicted octanol–water partition coefficient (Wildman–Crippen LogP) is 2.46. The molecular formula is C19H17NO6. The van der Waals surface area contributed by atoms with Gasteiger partial charge in [-0.15, -0.1) is 0 Å². The summed E-state index contributed by atoms with van der Waals surface area (Å²) in [4.78, 5) is 24.2. The lowest BCUT2D eigenvalue weighted by Gasteiger charge is -2.29. The van der Waals surface area contributed by atoms with E-state index in [0.717, 1.165) is 6.07 Å². The van der Waals surface area contributed by atoms with Gasteiger partial charge in [0, 0.05) is 12.5 Å². The van der Waals surface area contributed by atoms with Crippen LogP contribution in [-0.2, 0) is 4.79 Å². The second kappa shape index (κ2) is 5.94. The molecule has 0 radical (unpaired) electrons. The summed E-state index contributed by atoms with van der Waals surface area (Å²) < 4.78 is 5.99. The molecule has 2 atom stereocenters. The van der Waals surface area contributed by atoms with Crippen LogP contribution in [-0.4, -0.2) is 27.0 Å².